The second-order valence-corrected chi connectivity index (χ2v) is 4.23. The maximum absolute atomic E-state index is 5.24. The molecule has 0 aromatic heterocycles. The van der Waals surface area contributed by atoms with Crippen molar-refractivity contribution in [3.8, 4) is 0 Å². The van der Waals surface area contributed by atoms with Crippen LogP contribution in [0.1, 0.15) is 11.1 Å². The summed E-state index contributed by atoms with van der Waals surface area (Å²) < 4.78 is 10.5. The predicted octanol–water partition coefficient (Wildman–Crippen LogP) is 1.98. The van der Waals surface area contributed by atoms with Gasteiger partial charge in [0.05, 0.1) is 6.54 Å². The number of aryl methyl sites for hydroxylation is 1. The number of benzene rings is 1. The molecular weight excluding hydrogens is 202 g/mol. The van der Waals surface area contributed by atoms with Crippen molar-refractivity contribution in [3.05, 3.63) is 29.3 Å². The molecule has 0 spiro atoms. The van der Waals surface area contributed by atoms with Crippen molar-refractivity contribution in [2.45, 2.75) is 19.6 Å². The Kier molecular flexibility index (Phi) is 3.46. The molecular formula is C13H19NO2. The summed E-state index contributed by atoms with van der Waals surface area (Å²) in [6, 6.07) is 6.62. The molecule has 0 bridgehead atoms. The van der Waals surface area contributed by atoms with Crippen LogP contribution in [0.2, 0.25) is 0 Å². The van der Waals surface area contributed by atoms with E-state index in [1.807, 2.05) is 0 Å². The normalized spacial score (nSPS) is 14.6. The Bertz CT molecular complexity index is 361. The number of rotatable bonds is 4. The van der Waals surface area contributed by atoms with Crippen LogP contribution in [0.4, 0.5) is 5.69 Å². The predicted molar refractivity (Wildman–Crippen MR) is 64.9 cm³/mol. The molecule has 3 nitrogen and oxygen atoms in total. The molecule has 0 radical (unpaired) electrons. The van der Waals surface area contributed by atoms with E-state index < -0.39 is 0 Å². The fourth-order valence-corrected chi connectivity index (χ4v) is 2.21. The van der Waals surface area contributed by atoms with Crippen molar-refractivity contribution in [3.63, 3.8) is 0 Å². The van der Waals surface area contributed by atoms with Crippen LogP contribution in [0.3, 0.4) is 0 Å². The molecule has 0 aliphatic carbocycles. The second-order valence-electron chi connectivity index (χ2n) is 4.23. The molecule has 88 valence electrons. The molecule has 0 saturated carbocycles. The Morgan fingerprint density at radius 1 is 1.31 bits per heavy atom. The van der Waals surface area contributed by atoms with Gasteiger partial charge in [-0.15, -0.1) is 0 Å². The molecule has 0 amide bonds. The average molecular weight is 221 g/mol. The highest BCUT2D eigenvalue weighted by Crippen LogP contribution is 2.28. The zero-order valence-electron chi connectivity index (χ0n) is 10.2. The quantitative estimate of drug-likeness (QED) is 0.726. The molecule has 1 aromatic carbocycles. The van der Waals surface area contributed by atoms with Crippen LogP contribution in [0.15, 0.2) is 18.2 Å². The zero-order chi connectivity index (χ0) is 11.5. The lowest BCUT2D eigenvalue weighted by Gasteiger charge is -2.24. The van der Waals surface area contributed by atoms with Gasteiger partial charge in [-0.2, -0.15) is 0 Å². The summed E-state index contributed by atoms with van der Waals surface area (Å²) in [4.78, 5) is 2.33. The van der Waals surface area contributed by atoms with E-state index in [0.717, 1.165) is 19.5 Å². The summed E-state index contributed by atoms with van der Waals surface area (Å²) in [5.41, 5.74) is 4.09. The summed E-state index contributed by atoms with van der Waals surface area (Å²) in [6.07, 6.45) is 0.976. The number of hydrogen-bond donors (Lipinski definition) is 0. The van der Waals surface area contributed by atoms with E-state index in [0.29, 0.717) is 0 Å². The summed E-state index contributed by atoms with van der Waals surface area (Å²) in [5, 5.41) is 0. The van der Waals surface area contributed by atoms with Gasteiger partial charge in [-0.1, -0.05) is 17.7 Å². The van der Waals surface area contributed by atoms with E-state index in [1.165, 1.54) is 16.8 Å². The summed E-state index contributed by atoms with van der Waals surface area (Å²) >= 11 is 0. The Labute approximate surface area is 97.0 Å². The first-order valence-corrected chi connectivity index (χ1v) is 5.64. The van der Waals surface area contributed by atoms with Crippen LogP contribution >= 0.6 is 0 Å². The van der Waals surface area contributed by atoms with E-state index in [1.54, 1.807) is 14.2 Å². The van der Waals surface area contributed by atoms with Crippen molar-refractivity contribution in [2.24, 2.45) is 0 Å². The first-order chi connectivity index (χ1) is 7.74. The van der Waals surface area contributed by atoms with Gasteiger partial charge in [0.25, 0.3) is 0 Å². The fourth-order valence-electron chi connectivity index (χ4n) is 2.21. The highest BCUT2D eigenvalue weighted by Gasteiger charge is 2.21. The fraction of sp³-hybridized carbons (Fsp3) is 0.538. The lowest BCUT2D eigenvalue weighted by molar-refractivity contribution is -0.0947. The Hall–Kier alpha value is -1.06. The van der Waals surface area contributed by atoms with E-state index in [-0.39, 0.29) is 6.29 Å². The molecule has 2 rings (SSSR count). The number of anilines is 1. The van der Waals surface area contributed by atoms with Crippen molar-refractivity contribution in [2.75, 3.05) is 32.2 Å². The van der Waals surface area contributed by atoms with Crippen molar-refractivity contribution in [1.82, 2.24) is 0 Å². The molecule has 1 aliphatic heterocycles. The van der Waals surface area contributed by atoms with Gasteiger partial charge in [-0.3, -0.25) is 0 Å². The molecule has 0 unspecified atom stereocenters. The minimum atomic E-state index is -0.146. The van der Waals surface area contributed by atoms with Gasteiger partial charge in [0.15, 0.2) is 6.29 Å². The third-order valence-electron chi connectivity index (χ3n) is 3.12. The average Bonchev–Trinajstić information content (AvgIpc) is 2.68. The first kappa shape index (κ1) is 11.4. The molecule has 0 N–H and O–H groups in total. The van der Waals surface area contributed by atoms with Gasteiger partial charge >= 0.3 is 0 Å². The number of methoxy groups -OCH3 is 2. The van der Waals surface area contributed by atoms with Crippen LogP contribution in [-0.4, -0.2) is 33.6 Å². The van der Waals surface area contributed by atoms with Gasteiger partial charge in [0, 0.05) is 26.5 Å². The maximum atomic E-state index is 5.24. The molecule has 3 heteroatoms. The Morgan fingerprint density at radius 3 is 2.75 bits per heavy atom. The maximum Gasteiger partial charge on any atom is 0.174 e. The SMILES string of the molecule is COC(CN1CCc2cc(C)ccc21)OC. The largest absolute Gasteiger partial charge is 0.366 e. The van der Waals surface area contributed by atoms with Gasteiger partial charge in [0.1, 0.15) is 0 Å². The summed E-state index contributed by atoms with van der Waals surface area (Å²) in [5.74, 6) is 0. The number of ether oxygens (including phenoxy) is 2. The van der Waals surface area contributed by atoms with Crippen LogP contribution in [0.5, 0.6) is 0 Å². The van der Waals surface area contributed by atoms with Gasteiger partial charge in [0.2, 0.25) is 0 Å². The molecule has 16 heavy (non-hydrogen) atoms. The molecule has 0 fully saturated rings. The van der Waals surface area contributed by atoms with E-state index in [2.05, 4.69) is 30.0 Å². The van der Waals surface area contributed by atoms with Crippen molar-refractivity contribution in [1.29, 1.82) is 0 Å². The van der Waals surface area contributed by atoms with E-state index in [4.69, 9.17) is 9.47 Å². The zero-order valence-corrected chi connectivity index (χ0v) is 10.2. The van der Waals surface area contributed by atoms with Crippen LogP contribution in [0.25, 0.3) is 0 Å². The lowest BCUT2D eigenvalue weighted by Crippen LogP contribution is -2.33. The molecule has 0 saturated heterocycles. The van der Waals surface area contributed by atoms with E-state index in [9.17, 15) is 0 Å². The standard InChI is InChI=1S/C13H19NO2/c1-10-4-5-12-11(8-10)6-7-14(12)9-13(15-2)16-3/h4-5,8,13H,6-7,9H2,1-3H3. The minimum Gasteiger partial charge on any atom is -0.366 e. The van der Waals surface area contributed by atoms with Crippen LogP contribution < -0.4 is 4.90 Å². The lowest BCUT2D eigenvalue weighted by atomic mass is 10.1. The number of hydrogen-bond acceptors (Lipinski definition) is 3. The van der Waals surface area contributed by atoms with Crippen LogP contribution in [-0.2, 0) is 15.9 Å². The number of nitrogens with zero attached hydrogens (tertiary/aromatic N) is 1. The highest BCUT2D eigenvalue weighted by atomic mass is 16.7. The molecule has 1 aliphatic rings. The third kappa shape index (κ3) is 2.20. The van der Waals surface area contributed by atoms with E-state index >= 15 is 0 Å². The second kappa shape index (κ2) is 4.85. The molecule has 0 atom stereocenters. The molecule has 1 aromatic rings. The van der Waals surface area contributed by atoms with Crippen LogP contribution in [0, 0.1) is 6.92 Å². The number of fused-ring (bicyclic) bond motifs is 1. The Balaban J connectivity index is 2.11. The van der Waals surface area contributed by atoms with Gasteiger partial charge in [-0.05, 0) is 25.0 Å². The summed E-state index contributed by atoms with van der Waals surface area (Å²) in [6.45, 7) is 3.99. The Morgan fingerprint density at radius 2 is 2.06 bits per heavy atom. The molecule has 1 heterocycles. The topological polar surface area (TPSA) is 21.7 Å². The summed E-state index contributed by atoms with van der Waals surface area (Å²) in [7, 11) is 3.36. The van der Waals surface area contributed by atoms with Crippen molar-refractivity contribution >= 4 is 5.69 Å². The third-order valence-corrected chi connectivity index (χ3v) is 3.12. The smallest absolute Gasteiger partial charge is 0.174 e. The van der Waals surface area contributed by atoms with Crippen molar-refractivity contribution < 1.29 is 9.47 Å². The van der Waals surface area contributed by atoms with Gasteiger partial charge in [-0.25, -0.2) is 0 Å². The monoisotopic (exact) mass is 221 g/mol. The first-order valence-electron chi connectivity index (χ1n) is 5.64. The highest BCUT2D eigenvalue weighted by molar-refractivity contribution is 5.59. The minimum absolute atomic E-state index is 0.146. The van der Waals surface area contributed by atoms with Gasteiger partial charge < -0.3 is 14.4 Å².